The number of amides is 1. The molecule has 0 radical (unpaired) electrons. The average Bonchev–Trinajstić information content (AvgIpc) is 3.24. The van der Waals surface area contributed by atoms with Gasteiger partial charge < -0.3 is 10.2 Å². The third kappa shape index (κ3) is 3.34. The number of anilines is 2. The van der Waals surface area contributed by atoms with Crippen LogP contribution in [0.4, 0.5) is 11.4 Å². The van der Waals surface area contributed by atoms with Crippen molar-refractivity contribution in [1.82, 2.24) is 0 Å². The second kappa shape index (κ2) is 6.87. The Morgan fingerprint density at radius 1 is 1.04 bits per heavy atom. The maximum Gasteiger partial charge on any atom is 0.267 e. The van der Waals surface area contributed by atoms with Crippen LogP contribution in [0.1, 0.15) is 22.5 Å². The van der Waals surface area contributed by atoms with E-state index in [1.54, 1.807) is 6.07 Å². The fourth-order valence-electron chi connectivity index (χ4n) is 3.10. The SMILES string of the molecule is O=C(Nc1ccc(N2CCCC2)cc1)c1sc2cc(Cl)ccc2c1Cl. The number of nitrogens with one attached hydrogen (secondary N) is 1. The zero-order valence-electron chi connectivity index (χ0n) is 13.4. The molecule has 1 aromatic heterocycles. The van der Waals surface area contributed by atoms with Crippen molar-refractivity contribution in [3.05, 3.63) is 57.4 Å². The molecule has 0 aliphatic carbocycles. The molecular weight excluding hydrogens is 375 g/mol. The number of hydrogen-bond acceptors (Lipinski definition) is 3. The molecule has 1 aliphatic heterocycles. The quantitative estimate of drug-likeness (QED) is 0.589. The van der Waals surface area contributed by atoms with E-state index in [0.717, 1.165) is 28.9 Å². The Balaban J connectivity index is 1.54. The third-order valence-corrected chi connectivity index (χ3v) is 6.29. The van der Waals surface area contributed by atoms with Crippen LogP contribution in [0.3, 0.4) is 0 Å². The summed E-state index contributed by atoms with van der Waals surface area (Å²) in [5, 5.41) is 4.89. The van der Waals surface area contributed by atoms with Crippen LogP contribution < -0.4 is 10.2 Å². The van der Waals surface area contributed by atoms with Crippen LogP contribution in [0, 0.1) is 0 Å². The molecule has 4 rings (SSSR count). The molecule has 0 spiro atoms. The van der Waals surface area contributed by atoms with E-state index in [0.29, 0.717) is 14.9 Å². The Labute approximate surface area is 160 Å². The molecule has 3 nitrogen and oxygen atoms in total. The van der Waals surface area contributed by atoms with Gasteiger partial charge >= 0.3 is 0 Å². The van der Waals surface area contributed by atoms with Gasteiger partial charge in [-0.3, -0.25) is 4.79 Å². The molecule has 2 aromatic carbocycles. The molecule has 3 aromatic rings. The number of hydrogen-bond donors (Lipinski definition) is 1. The summed E-state index contributed by atoms with van der Waals surface area (Å²) in [5.74, 6) is -0.198. The topological polar surface area (TPSA) is 32.3 Å². The number of nitrogens with zero attached hydrogens (tertiary/aromatic N) is 1. The molecule has 1 aliphatic rings. The third-order valence-electron chi connectivity index (χ3n) is 4.39. The zero-order chi connectivity index (χ0) is 17.4. The van der Waals surface area contributed by atoms with E-state index in [1.807, 2.05) is 36.4 Å². The van der Waals surface area contributed by atoms with Gasteiger partial charge in [0, 0.05) is 39.6 Å². The molecule has 0 bridgehead atoms. The number of thiophene rings is 1. The van der Waals surface area contributed by atoms with Gasteiger partial charge in [-0.15, -0.1) is 11.3 Å². The Hall–Kier alpha value is -1.75. The number of carbonyl (C=O) groups is 1. The normalized spacial score (nSPS) is 14.2. The van der Waals surface area contributed by atoms with Crippen LogP contribution in [-0.2, 0) is 0 Å². The average molecular weight is 391 g/mol. The summed E-state index contributed by atoms with van der Waals surface area (Å²) >= 11 is 13.8. The van der Waals surface area contributed by atoms with E-state index in [-0.39, 0.29) is 5.91 Å². The van der Waals surface area contributed by atoms with Crippen molar-refractivity contribution in [2.75, 3.05) is 23.3 Å². The van der Waals surface area contributed by atoms with Crippen molar-refractivity contribution in [1.29, 1.82) is 0 Å². The van der Waals surface area contributed by atoms with Crippen LogP contribution in [-0.4, -0.2) is 19.0 Å². The molecule has 2 heterocycles. The summed E-state index contributed by atoms with van der Waals surface area (Å²) in [6.07, 6.45) is 2.49. The van der Waals surface area contributed by atoms with Crippen molar-refractivity contribution in [2.24, 2.45) is 0 Å². The van der Waals surface area contributed by atoms with Crippen LogP contribution in [0.25, 0.3) is 10.1 Å². The molecule has 1 amide bonds. The van der Waals surface area contributed by atoms with Crippen LogP contribution in [0.15, 0.2) is 42.5 Å². The first-order valence-electron chi connectivity index (χ1n) is 8.16. The van der Waals surface area contributed by atoms with Gasteiger partial charge in [0.15, 0.2) is 0 Å². The van der Waals surface area contributed by atoms with Gasteiger partial charge in [-0.25, -0.2) is 0 Å². The van der Waals surface area contributed by atoms with E-state index in [2.05, 4.69) is 10.2 Å². The van der Waals surface area contributed by atoms with Gasteiger partial charge in [0.05, 0.1) is 5.02 Å². The standard InChI is InChI=1S/C19H16Cl2N2OS/c20-12-3-8-15-16(11-12)25-18(17(15)21)19(24)22-13-4-6-14(7-5-13)23-9-1-2-10-23/h3-8,11H,1-2,9-10H2,(H,22,24). The van der Waals surface area contributed by atoms with Crippen molar-refractivity contribution in [3.63, 3.8) is 0 Å². The first kappa shape index (κ1) is 16.7. The van der Waals surface area contributed by atoms with E-state index >= 15 is 0 Å². The molecule has 6 heteroatoms. The minimum atomic E-state index is -0.198. The molecule has 0 saturated carbocycles. The molecule has 0 atom stereocenters. The van der Waals surface area contributed by atoms with Gasteiger partial charge in [-0.1, -0.05) is 29.3 Å². The summed E-state index contributed by atoms with van der Waals surface area (Å²) < 4.78 is 0.909. The van der Waals surface area contributed by atoms with Crippen molar-refractivity contribution < 1.29 is 4.79 Å². The van der Waals surface area contributed by atoms with Gasteiger partial charge in [0.2, 0.25) is 0 Å². The second-order valence-corrected chi connectivity index (χ2v) is 7.95. The van der Waals surface area contributed by atoms with Crippen molar-refractivity contribution >= 4 is 61.9 Å². The van der Waals surface area contributed by atoms with Gasteiger partial charge in [0.25, 0.3) is 5.91 Å². The van der Waals surface area contributed by atoms with E-state index in [1.165, 1.54) is 29.9 Å². The Morgan fingerprint density at radius 3 is 2.48 bits per heavy atom. The van der Waals surface area contributed by atoms with Crippen LogP contribution in [0.5, 0.6) is 0 Å². The van der Waals surface area contributed by atoms with Crippen molar-refractivity contribution in [3.8, 4) is 0 Å². The number of fused-ring (bicyclic) bond motifs is 1. The second-order valence-electron chi connectivity index (χ2n) is 6.08. The predicted octanol–water partition coefficient (Wildman–Crippen LogP) is 6.06. The molecule has 0 unspecified atom stereocenters. The number of carbonyl (C=O) groups excluding carboxylic acids is 1. The Kier molecular flexibility index (Phi) is 4.59. The first-order valence-corrected chi connectivity index (χ1v) is 9.73. The highest BCUT2D eigenvalue weighted by atomic mass is 35.5. The highest BCUT2D eigenvalue weighted by molar-refractivity contribution is 7.21. The summed E-state index contributed by atoms with van der Waals surface area (Å²) in [5.41, 5.74) is 1.96. The van der Waals surface area contributed by atoms with E-state index in [4.69, 9.17) is 23.2 Å². The zero-order valence-corrected chi connectivity index (χ0v) is 15.7. The maximum absolute atomic E-state index is 12.6. The summed E-state index contributed by atoms with van der Waals surface area (Å²) in [6.45, 7) is 2.21. The predicted molar refractivity (Wildman–Crippen MR) is 108 cm³/mol. The minimum absolute atomic E-state index is 0.198. The molecule has 1 fully saturated rings. The maximum atomic E-state index is 12.6. The van der Waals surface area contributed by atoms with Gasteiger partial charge in [-0.05, 0) is 49.2 Å². The minimum Gasteiger partial charge on any atom is -0.372 e. The smallest absolute Gasteiger partial charge is 0.267 e. The number of benzene rings is 2. The number of halogens is 2. The highest BCUT2D eigenvalue weighted by Gasteiger charge is 2.18. The molecule has 1 saturated heterocycles. The lowest BCUT2D eigenvalue weighted by Gasteiger charge is -2.17. The lowest BCUT2D eigenvalue weighted by Crippen LogP contribution is -2.17. The van der Waals surface area contributed by atoms with E-state index < -0.39 is 0 Å². The molecule has 128 valence electrons. The fraction of sp³-hybridized carbons (Fsp3) is 0.211. The molecule has 1 N–H and O–H groups in total. The Bertz CT molecular complexity index is 930. The van der Waals surface area contributed by atoms with Crippen LogP contribution in [0.2, 0.25) is 10.0 Å². The highest BCUT2D eigenvalue weighted by Crippen LogP contribution is 2.37. The lowest BCUT2D eigenvalue weighted by atomic mass is 10.2. The molecule has 25 heavy (non-hydrogen) atoms. The monoisotopic (exact) mass is 390 g/mol. The summed E-state index contributed by atoms with van der Waals surface area (Å²) in [6, 6.07) is 13.4. The molecular formula is C19H16Cl2N2OS. The number of rotatable bonds is 3. The Morgan fingerprint density at radius 2 is 1.76 bits per heavy atom. The van der Waals surface area contributed by atoms with Crippen molar-refractivity contribution in [2.45, 2.75) is 12.8 Å². The van der Waals surface area contributed by atoms with E-state index in [9.17, 15) is 4.79 Å². The fourth-order valence-corrected chi connectivity index (χ4v) is 4.79. The van der Waals surface area contributed by atoms with Crippen LogP contribution >= 0.6 is 34.5 Å². The van der Waals surface area contributed by atoms with Gasteiger partial charge in [0.1, 0.15) is 4.88 Å². The van der Waals surface area contributed by atoms with Gasteiger partial charge in [-0.2, -0.15) is 0 Å². The largest absolute Gasteiger partial charge is 0.372 e. The first-order chi connectivity index (χ1) is 12.1. The summed E-state index contributed by atoms with van der Waals surface area (Å²) in [4.78, 5) is 15.5. The summed E-state index contributed by atoms with van der Waals surface area (Å²) in [7, 11) is 0. The lowest BCUT2D eigenvalue weighted by molar-refractivity contribution is 0.103.